The second kappa shape index (κ2) is 7.49. The van der Waals surface area contributed by atoms with E-state index in [0.29, 0.717) is 5.39 Å². The fraction of sp³-hybridized carbons (Fsp3) is 0.130. The molecule has 4 heteroatoms. The molecule has 1 unspecified atom stereocenters. The highest BCUT2D eigenvalue weighted by Gasteiger charge is 2.20. The zero-order chi connectivity index (χ0) is 18.8. The van der Waals surface area contributed by atoms with Crippen LogP contribution >= 0.6 is 15.9 Å². The van der Waals surface area contributed by atoms with E-state index in [1.165, 1.54) is 5.56 Å². The van der Waals surface area contributed by atoms with Crippen LogP contribution in [0.1, 0.15) is 23.0 Å². The first-order valence-electron chi connectivity index (χ1n) is 8.91. The maximum atomic E-state index is 13.4. The predicted molar refractivity (Wildman–Crippen MR) is 113 cm³/mol. The van der Waals surface area contributed by atoms with Gasteiger partial charge in [0.05, 0.1) is 16.9 Å². The minimum atomic E-state index is -0.114. The van der Waals surface area contributed by atoms with Gasteiger partial charge >= 0.3 is 0 Å². The van der Waals surface area contributed by atoms with Crippen LogP contribution in [0, 0.1) is 6.92 Å². The summed E-state index contributed by atoms with van der Waals surface area (Å²) in [5.41, 5.74) is 3.00. The van der Waals surface area contributed by atoms with Crippen LogP contribution in [-0.2, 0) is 6.42 Å². The van der Waals surface area contributed by atoms with Crippen LogP contribution in [-0.4, -0.2) is 9.55 Å². The molecule has 0 N–H and O–H groups in total. The molecule has 134 valence electrons. The summed E-state index contributed by atoms with van der Waals surface area (Å²) in [7, 11) is 0. The highest BCUT2D eigenvalue weighted by molar-refractivity contribution is 9.10. The van der Waals surface area contributed by atoms with Crippen molar-refractivity contribution in [2.75, 3.05) is 0 Å². The van der Waals surface area contributed by atoms with E-state index in [4.69, 9.17) is 4.98 Å². The summed E-state index contributed by atoms with van der Waals surface area (Å²) in [5, 5.41) is 0.629. The maximum Gasteiger partial charge on any atom is 0.262 e. The summed E-state index contributed by atoms with van der Waals surface area (Å²) >= 11 is 3.47. The Hall–Kier alpha value is -2.72. The van der Waals surface area contributed by atoms with Gasteiger partial charge in [0.2, 0.25) is 0 Å². The van der Waals surface area contributed by atoms with Gasteiger partial charge < -0.3 is 0 Å². The average molecular weight is 419 g/mol. The number of hydrogen-bond acceptors (Lipinski definition) is 2. The second-order valence-corrected chi connectivity index (χ2v) is 7.53. The quantitative estimate of drug-likeness (QED) is 0.450. The highest BCUT2D eigenvalue weighted by Crippen LogP contribution is 2.24. The van der Waals surface area contributed by atoms with Gasteiger partial charge in [-0.15, -0.1) is 0 Å². The smallest absolute Gasteiger partial charge is 0.262 e. The number of fused-ring (bicyclic) bond motifs is 1. The molecule has 3 nitrogen and oxygen atoms in total. The zero-order valence-corrected chi connectivity index (χ0v) is 16.6. The molecule has 4 aromatic rings. The molecule has 0 spiro atoms. The molecular formula is C23H19BrN2O. The van der Waals surface area contributed by atoms with Crippen LogP contribution in [0.3, 0.4) is 0 Å². The van der Waals surface area contributed by atoms with Crippen molar-refractivity contribution in [1.29, 1.82) is 0 Å². The van der Waals surface area contributed by atoms with Crippen molar-refractivity contribution in [2.45, 2.75) is 19.4 Å². The fourth-order valence-corrected chi connectivity index (χ4v) is 3.88. The van der Waals surface area contributed by atoms with Crippen molar-refractivity contribution in [3.63, 3.8) is 0 Å². The Bertz CT molecular complexity index is 1140. The summed E-state index contributed by atoms with van der Waals surface area (Å²) < 4.78 is 2.71. The molecule has 0 bridgehead atoms. The Kier molecular flexibility index (Phi) is 4.90. The van der Waals surface area contributed by atoms with Gasteiger partial charge in [-0.2, -0.15) is 0 Å². The van der Waals surface area contributed by atoms with Crippen molar-refractivity contribution in [3.8, 4) is 0 Å². The van der Waals surface area contributed by atoms with E-state index >= 15 is 0 Å². The van der Waals surface area contributed by atoms with Crippen molar-refractivity contribution in [2.24, 2.45) is 0 Å². The summed E-state index contributed by atoms with van der Waals surface area (Å²) in [6.45, 7) is 1.91. The first-order chi connectivity index (χ1) is 13.1. The minimum absolute atomic E-state index is 0.0106. The lowest BCUT2D eigenvalue weighted by atomic mass is 9.98. The van der Waals surface area contributed by atoms with E-state index in [2.05, 4.69) is 40.2 Å². The standard InChI is InChI=1S/C23H19BrN2O/c1-16-25-21-13-12-19(24)15-20(21)23(27)26(16)22(18-10-6-3-7-11-18)14-17-8-4-2-5-9-17/h2-13,15,22H,14H2,1H3. The van der Waals surface area contributed by atoms with Crippen LogP contribution in [0.4, 0.5) is 0 Å². The molecule has 0 fully saturated rings. The Labute approximate surface area is 166 Å². The van der Waals surface area contributed by atoms with Gasteiger partial charge in [-0.3, -0.25) is 9.36 Å². The third-order valence-electron chi connectivity index (χ3n) is 4.81. The third-order valence-corrected chi connectivity index (χ3v) is 5.30. The monoisotopic (exact) mass is 418 g/mol. The van der Waals surface area contributed by atoms with Gasteiger partial charge in [0, 0.05) is 4.47 Å². The average Bonchev–Trinajstić information content (AvgIpc) is 2.69. The van der Waals surface area contributed by atoms with Crippen LogP contribution in [0.25, 0.3) is 10.9 Å². The SMILES string of the molecule is Cc1nc2ccc(Br)cc2c(=O)n1C(Cc1ccccc1)c1ccccc1. The van der Waals surface area contributed by atoms with E-state index < -0.39 is 0 Å². The molecule has 0 aliphatic rings. The van der Waals surface area contributed by atoms with E-state index in [9.17, 15) is 4.79 Å². The Morgan fingerprint density at radius 3 is 2.33 bits per heavy atom. The lowest BCUT2D eigenvalue weighted by Gasteiger charge is -2.23. The first-order valence-corrected chi connectivity index (χ1v) is 9.70. The lowest BCUT2D eigenvalue weighted by molar-refractivity contribution is 0.541. The molecule has 0 radical (unpaired) electrons. The van der Waals surface area contributed by atoms with E-state index in [0.717, 1.165) is 27.8 Å². The van der Waals surface area contributed by atoms with Crippen LogP contribution < -0.4 is 5.56 Å². The molecule has 1 heterocycles. The van der Waals surface area contributed by atoms with Crippen LogP contribution in [0.15, 0.2) is 88.1 Å². The van der Waals surface area contributed by atoms with Gasteiger partial charge in [0.15, 0.2) is 0 Å². The number of benzene rings is 3. The third kappa shape index (κ3) is 3.58. The summed E-state index contributed by atoms with van der Waals surface area (Å²) in [5.74, 6) is 0.722. The molecule has 0 saturated heterocycles. The fourth-order valence-electron chi connectivity index (χ4n) is 3.52. The first kappa shape index (κ1) is 17.7. The van der Waals surface area contributed by atoms with E-state index in [1.54, 1.807) is 0 Å². The van der Waals surface area contributed by atoms with Crippen molar-refractivity contribution in [1.82, 2.24) is 9.55 Å². The Morgan fingerprint density at radius 1 is 0.963 bits per heavy atom. The normalized spacial score (nSPS) is 12.2. The van der Waals surface area contributed by atoms with Crippen molar-refractivity contribution in [3.05, 3.63) is 111 Å². The molecule has 0 amide bonds. The molecule has 4 rings (SSSR count). The largest absolute Gasteiger partial charge is 0.288 e. The van der Waals surface area contributed by atoms with Gasteiger partial charge in [-0.25, -0.2) is 4.98 Å². The number of hydrogen-bond donors (Lipinski definition) is 0. The van der Waals surface area contributed by atoms with Crippen molar-refractivity contribution < 1.29 is 0 Å². The highest BCUT2D eigenvalue weighted by atomic mass is 79.9. The molecule has 3 aromatic carbocycles. The molecule has 27 heavy (non-hydrogen) atoms. The molecule has 0 aliphatic carbocycles. The second-order valence-electron chi connectivity index (χ2n) is 6.61. The van der Waals surface area contributed by atoms with Crippen LogP contribution in [0.2, 0.25) is 0 Å². The van der Waals surface area contributed by atoms with Gasteiger partial charge in [-0.1, -0.05) is 76.6 Å². The minimum Gasteiger partial charge on any atom is -0.288 e. The van der Waals surface area contributed by atoms with Gasteiger partial charge in [-0.05, 0) is 42.7 Å². The number of halogens is 1. The summed E-state index contributed by atoms with van der Waals surface area (Å²) in [6, 6.07) is 26.0. The number of rotatable bonds is 4. The predicted octanol–water partition coefficient (Wildman–Crippen LogP) is 5.30. The lowest BCUT2D eigenvalue weighted by Crippen LogP contribution is -2.30. The Balaban J connectivity index is 1.93. The molecular weight excluding hydrogens is 400 g/mol. The molecule has 0 aliphatic heterocycles. The number of aryl methyl sites for hydroxylation is 1. The van der Waals surface area contributed by atoms with Crippen LogP contribution in [0.5, 0.6) is 0 Å². The van der Waals surface area contributed by atoms with E-state index in [-0.39, 0.29) is 11.6 Å². The van der Waals surface area contributed by atoms with Gasteiger partial charge in [0.25, 0.3) is 5.56 Å². The topological polar surface area (TPSA) is 34.9 Å². The molecule has 1 atom stereocenters. The maximum absolute atomic E-state index is 13.4. The summed E-state index contributed by atoms with van der Waals surface area (Å²) in [6.07, 6.45) is 0.729. The molecule has 1 aromatic heterocycles. The number of aromatic nitrogens is 2. The molecule has 0 saturated carbocycles. The zero-order valence-electron chi connectivity index (χ0n) is 15.0. The van der Waals surface area contributed by atoms with E-state index in [1.807, 2.05) is 66.1 Å². The van der Waals surface area contributed by atoms with Crippen molar-refractivity contribution >= 4 is 26.8 Å². The number of nitrogens with zero attached hydrogens (tertiary/aromatic N) is 2. The Morgan fingerprint density at radius 2 is 1.63 bits per heavy atom. The van der Waals surface area contributed by atoms with Gasteiger partial charge in [0.1, 0.15) is 5.82 Å². The summed E-state index contributed by atoms with van der Waals surface area (Å²) in [4.78, 5) is 18.1.